The normalized spacial score (nSPS) is 22.9. The summed E-state index contributed by atoms with van der Waals surface area (Å²) in [6, 6.07) is 7.51. The van der Waals surface area contributed by atoms with Crippen molar-refractivity contribution in [2.75, 3.05) is 17.7 Å². The van der Waals surface area contributed by atoms with Gasteiger partial charge < -0.3 is 10.6 Å². The fraction of sp³-hybridized carbons (Fsp3) is 0.611. The molecule has 0 unspecified atom stereocenters. The van der Waals surface area contributed by atoms with E-state index in [1.54, 1.807) is 4.90 Å². The molecule has 2 N–H and O–H groups in total. The second kappa shape index (κ2) is 6.08. The van der Waals surface area contributed by atoms with Crippen molar-refractivity contribution < 1.29 is 4.79 Å². The lowest BCUT2D eigenvalue weighted by molar-refractivity contribution is -0.123. The number of nitrogen functional groups attached to an aromatic ring is 1. The van der Waals surface area contributed by atoms with Crippen LogP contribution in [-0.2, 0) is 4.79 Å². The largest absolute Gasteiger partial charge is 0.399 e. The zero-order valence-corrected chi connectivity index (χ0v) is 13.7. The summed E-state index contributed by atoms with van der Waals surface area (Å²) in [7, 11) is 1.86. The second-order valence-electron chi connectivity index (χ2n) is 7.40. The van der Waals surface area contributed by atoms with Crippen LogP contribution in [0.3, 0.4) is 0 Å². The molecule has 2 rings (SSSR count). The van der Waals surface area contributed by atoms with Gasteiger partial charge in [-0.15, -0.1) is 0 Å². The molecule has 21 heavy (non-hydrogen) atoms. The van der Waals surface area contributed by atoms with Crippen molar-refractivity contribution in [3.63, 3.8) is 0 Å². The summed E-state index contributed by atoms with van der Waals surface area (Å²) in [6.07, 6.45) is 4.35. The Morgan fingerprint density at radius 1 is 1.10 bits per heavy atom. The van der Waals surface area contributed by atoms with Crippen LogP contribution in [0.2, 0.25) is 0 Å². The van der Waals surface area contributed by atoms with Gasteiger partial charge in [-0.2, -0.15) is 0 Å². The lowest BCUT2D eigenvalue weighted by Crippen LogP contribution is -2.36. The minimum absolute atomic E-state index is 0.172. The van der Waals surface area contributed by atoms with Crippen molar-refractivity contribution in [2.24, 2.45) is 17.3 Å². The first-order valence-electron chi connectivity index (χ1n) is 7.92. The van der Waals surface area contributed by atoms with Gasteiger partial charge in [-0.1, -0.05) is 20.8 Å². The Balaban J connectivity index is 1.97. The van der Waals surface area contributed by atoms with Gasteiger partial charge in [0.15, 0.2) is 0 Å². The number of hydrogen-bond acceptors (Lipinski definition) is 2. The van der Waals surface area contributed by atoms with Gasteiger partial charge in [0.1, 0.15) is 0 Å². The average molecular weight is 288 g/mol. The van der Waals surface area contributed by atoms with E-state index in [4.69, 9.17) is 5.73 Å². The minimum Gasteiger partial charge on any atom is -0.399 e. The third-order valence-electron chi connectivity index (χ3n) is 4.91. The number of anilines is 2. The minimum atomic E-state index is 0.172. The van der Waals surface area contributed by atoms with Crippen molar-refractivity contribution in [2.45, 2.75) is 46.5 Å². The van der Waals surface area contributed by atoms with Crippen molar-refractivity contribution in [3.8, 4) is 0 Å². The maximum absolute atomic E-state index is 12.6. The van der Waals surface area contributed by atoms with E-state index in [0.29, 0.717) is 5.41 Å². The maximum Gasteiger partial charge on any atom is 0.229 e. The zero-order chi connectivity index (χ0) is 15.6. The summed E-state index contributed by atoms with van der Waals surface area (Å²) in [4.78, 5) is 14.4. The van der Waals surface area contributed by atoms with Crippen LogP contribution < -0.4 is 10.6 Å². The molecule has 0 spiro atoms. The smallest absolute Gasteiger partial charge is 0.229 e. The van der Waals surface area contributed by atoms with Crippen molar-refractivity contribution in [1.29, 1.82) is 0 Å². The van der Waals surface area contributed by atoms with E-state index >= 15 is 0 Å². The highest BCUT2D eigenvalue weighted by atomic mass is 16.2. The van der Waals surface area contributed by atoms with Crippen LogP contribution in [0, 0.1) is 17.3 Å². The number of benzene rings is 1. The fourth-order valence-corrected chi connectivity index (χ4v) is 3.31. The third-order valence-corrected chi connectivity index (χ3v) is 4.91. The number of amides is 1. The van der Waals surface area contributed by atoms with Crippen LogP contribution >= 0.6 is 0 Å². The summed E-state index contributed by atoms with van der Waals surface area (Å²) in [5.41, 5.74) is 7.71. The lowest BCUT2D eigenvalue weighted by Gasteiger charge is -2.37. The molecule has 3 heteroatoms. The second-order valence-corrected chi connectivity index (χ2v) is 7.40. The zero-order valence-electron chi connectivity index (χ0n) is 13.7. The third kappa shape index (κ3) is 3.78. The van der Waals surface area contributed by atoms with Crippen LogP contribution in [-0.4, -0.2) is 13.0 Å². The molecule has 0 aromatic heterocycles. The standard InChI is InChI=1S/C18H28N2O/c1-18(2,3)14-7-5-13(6-8-14)17(21)20(4)16-11-9-15(19)10-12-16/h9-14H,5-8,19H2,1-4H3. The number of rotatable bonds is 2. The van der Waals surface area contributed by atoms with Gasteiger partial charge >= 0.3 is 0 Å². The van der Waals surface area contributed by atoms with E-state index in [2.05, 4.69) is 20.8 Å². The lowest BCUT2D eigenvalue weighted by atomic mass is 9.69. The Kier molecular flexibility index (Phi) is 4.60. The molecular formula is C18H28N2O. The summed E-state index contributed by atoms with van der Waals surface area (Å²) in [5.74, 6) is 1.15. The molecule has 0 atom stereocenters. The van der Waals surface area contributed by atoms with E-state index in [-0.39, 0.29) is 11.8 Å². The number of nitrogens with two attached hydrogens (primary N) is 1. The topological polar surface area (TPSA) is 46.3 Å². The number of hydrogen-bond donors (Lipinski definition) is 1. The van der Waals surface area contributed by atoms with Crippen LogP contribution in [0.1, 0.15) is 46.5 Å². The van der Waals surface area contributed by atoms with Crippen molar-refractivity contribution in [1.82, 2.24) is 0 Å². The Bertz CT molecular complexity index is 479. The Labute approximate surface area is 128 Å². The molecule has 0 aliphatic heterocycles. The van der Waals surface area contributed by atoms with Crippen molar-refractivity contribution in [3.05, 3.63) is 24.3 Å². The van der Waals surface area contributed by atoms with E-state index < -0.39 is 0 Å². The molecule has 1 saturated carbocycles. The Morgan fingerprint density at radius 3 is 2.10 bits per heavy atom. The first kappa shape index (κ1) is 15.9. The van der Waals surface area contributed by atoms with E-state index in [1.807, 2.05) is 31.3 Å². The number of carbonyl (C=O) groups excluding carboxylic acids is 1. The Morgan fingerprint density at radius 2 is 1.62 bits per heavy atom. The van der Waals surface area contributed by atoms with Gasteiger partial charge in [0.05, 0.1) is 0 Å². The SMILES string of the molecule is CN(C(=O)C1CCC(C(C)(C)C)CC1)c1ccc(N)cc1. The van der Waals surface area contributed by atoms with Gasteiger partial charge in [0, 0.05) is 24.3 Å². The molecule has 3 nitrogen and oxygen atoms in total. The first-order valence-corrected chi connectivity index (χ1v) is 7.92. The number of nitrogens with zero attached hydrogens (tertiary/aromatic N) is 1. The van der Waals surface area contributed by atoms with Gasteiger partial charge in [0.2, 0.25) is 5.91 Å². The molecular weight excluding hydrogens is 260 g/mol. The van der Waals surface area contributed by atoms with Gasteiger partial charge in [-0.05, 0) is 61.3 Å². The molecule has 1 amide bonds. The molecule has 116 valence electrons. The predicted octanol–water partition coefficient (Wildman–Crippen LogP) is 4.08. The van der Waals surface area contributed by atoms with E-state index in [1.165, 1.54) is 0 Å². The Hall–Kier alpha value is -1.51. The molecule has 1 aromatic rings. The van der Waals surface area contributed by atoms with Crippen LogP contribution in [0.25, 0.3) is 0 Å². The highest BCUT2D eigenvalue weighted by Gasteiger charge is 2.33. The summed E-state index contributed by atoms with van der Waals surface area (Å²) < 4.78 is 0. The summed E-state index contributed by atoms with van der Waals surface area (Å²) in [5, 5.41) is 0. The highest BCUT2D eigenvalue weighted by Crippen LogP contribution is 2.40. The maximum atomic E-state index is 12.6. The molecule has 1 aliphatic rings. The van der Waals surface area contributed by atoms with E-state index in [0.717, 1.165) is 43.0 Å². The molecule has 1 aliphatic carbocycles. The molecule has 1 aromatic carbocycles. The molecule has 0 saturated heterocycles. The molecule has 0 bridgehead atoms. The van der Waals surface area contributed by atoms with Gasteiger partial charge in [-0.25, -0.2) is 0 Å². The van der Waals surface area contributed by atoms with Gasteiger partial charge in [0.25, 0.3) is 0 Å². The quantitative estimate of drug-likeness (QED) is 0.833. The molecule has 0 heterocycles. The van der Waals surface area contributed by atoms with Crippen molar-refractivity contribution >= 4 is 17.3 Å². The average Bonchev–Trinajstić information content (AvgIpc) is 2.46. The monoisotopic (exact) mass is 288 g/mol. The van der Waals surface area contributed by atoms with Gasteiger partial charge in [-0.3, -0.25) is 4.79 Å². The summed E-state index contributed by atoms with van der Waals surface area (Å²) >= 11 is 0. The van der Waals surface area contributed by atoms with Crippen LogP contribution in [0.4, 0.5) is 11.4 Å². The molecule has 1 fully saturated rings. The van der Waals surface area contributed by atoms with E-state index in [9.17, 15) is 4.79 Å². The van der Waals surface area contributed by atoms with Crippen LogP contribution in [0.5, 0.6) is 0 Å². The predicted molar refractivity (Wildman–Crippen MR) is 89.2 cm³/mol. The summed E-state index contributed by atoms with van der Waals surface area (Å²) in [6.45, 7) is 6.92. The molecule has 0 radical (unpaired) electrons. The first-order chi connectivity index (χ1) is 9.79. The fourth-order valence-electron chi connectivity index (χ4n) is 3.31. The van der Waals surface area contributed by atoms with Crippen LogP contribution in [0.15, 0.2) is 24.3 Å². The highest BCUT2D eigenvalue weighted by molar-refractivity contribution is 5.94. The number of carbonyl (C=O) groups is 1.